The summed E-state index contributed by atoms with van der Waals surface area (Å²) < 4.78 is 3.38. The normalized spacial score (nSPS) is 11.0. The molecule has 6 nitrogen and oxygen atoms in total. The fourth-order valence-electron chi connectivity index (χ4n) is 3.17. The lowest BCUT2D eigenvalue weighted by Gasteiger charge is -2.11. The van der Waals surface area contributed by atoms with Gasteiger partial charge in [0.2, 0.25) is 5.91 Å². The number of hydrogen-bond donors (Lipinski definition) is 2. The Morgan fingerprint density at radius 1 is 1.03 bits per heavy atom. The summed E-state index contributed by atoms with van der Waals surface area (Å²) in [6.45, 7) is 7.61. The van der Waals surface area contributed by atoms with Crippen molar-refractivity contribution in [3.8, 4) is 5.69 Å². The van der Waals surface area contributed by atoms with Gasteiger partial charge in [-0.05, 0) is 91.4 Å². The summed E-state index contributed by atoms with van der Waals surface area (Å²) in [6, 6.07) is 15.0. The third-order valence-corrected chi connectivity index (χ3v) is 5.88. The van der Waals surface area contributed by atoms with Crippen molar-refractivity contribution in [1.82, 2.24) is 9.99 Å². The lowest BCUT2D eigenvalue weighted by Crippen LogP contribution is -2.17. The molecule has 30 heavy (non-hydrogen) atoms. The monoisotopic (exact) mass is 514 g/mol. The second-order valence-corrected chi connectivity index (χ2v) is 8.22. The first-order valence-electron chi connectivity index (χ1n) is 9.43. The van der Waals surface area contributed by atoms with E-state index in [1.165, 1.54) is 16.1 Å². The second-order valence-electron chi connectivity index (χ2n) is 7.05. The van der Waals surface area contributed by atoms with Gasteiger partial charge in [-0.15, -0.1) is 0 Å². The van der Waals surface area contributed by atoms with Crippen LogP contribution in [0.1, 0.15) is 39.8 Å². The van der Waals surface area contributed by atoms with Crippen LogP contribution in [0.25, 0.3) is 5.69 Å². The molecule has 3 rings (SSSR count). The summed E-state index contributed by atoms with van der Waals surface area (Å²) in [5.74, 6) is -0.475. The zero-order valence-electron chi connectivity index (χ0n) is 17.3. The van der Waals surface area contributed by atoms with E-state index >= 15 is 0 Å². The first-order valence-corrected chi connectivity index (χ1v) is 10.5. The first-order chi connectivity index (χ1) is 14.3. The molecule has 1 aromatic heterocycles. The van der Waals surface area contributed by atoms with Gasteiger partial charge < -0.3 is 9.88 Å². The molecule has 1 heterocycles. The summed E-state index contributed by atoms with van der Waals surface area (Å²) in [4.78, 5) is 23.4. The maximum Gasteiger partial charge on any atom is 0.271 e. The number of rotatable bonds is 5. The number of carbonyl (C=O) groups excluding carboxylic acids is 2. The van der Waals surface area contributed by atoms with E-state index in [4.69, 9.17) is 0 Å². The van der Waals surface area contributed by atoms with E-state index in [1.54, 1.807) is 30.5 Å². The van der Waals surface area contributed by atoms with E-state index in [1.807, 2.05) is 19.9 Å². The van der Waals surface area contributed by atoms with Crippen LogP contribution in [-0.2, 0) is 4.79 Å². The maximum atomic E-state index is 12.3. The average molecular weight is 514 g/mol. The van der Waals surface area contributed by atoms with Crippen LogP contribution in [0.2, 0.25) is 0 Å². The number of nitrogens with zero attached hydrogens (tertiary/aromatic N) is 2. The molecular weight excluding hydrogens is 491 g/mol. The van der Waals surface area contributed by atoms with Crippen LogP contribution < -0.4 is 10.7 Å². The smallest absolute Gasteiger partial charge is 0.271 e. The Bertz CT molecular complexity index is 1130. The highest BCUT2D eigenvalue weighted by Gasteiger charge is 2.11. The van der Waals surface area contributed by atoms with Crippen molar-refractivity contribution >= 4 is 46.3 Å². The summed E-state index contributed by atoms with van der Waals surface area (Å²) in [5, 5.41) is 6.79. The number of amides is 2. The molecule has 0 bridgehead atoms. The molecule has 0 spiro atoms. The maximum absolute atomic E-state index is 12.3. The molecule has 2 N–H and O–H groups in total. The van der Waals surface area contributed by atoms with Crippen molar-refractivity contribution in [3.63, 3.8) is 0 Å². The van der Waals surface area contributed by atoms with Gasteiger partial charge in [0.15, 0.2) is 0 Å². The number of hydrogen-bond acceptors (Lipinski definition) is 3. The Hall–Kier alpha value is -2.94. The van der Waals surface area contributed by atoms with Crippen molar-refractivity contribution in [1.29, 1.82) is 0 Å². The molecule has 0 unspecified atom stereocenters. The number of aryl methyl sites for hydroxylation is 2. The quantitative estimate of drug-likeness (QED) is 0.294. The van der Waals surface area contributed by atoms with Gasteiger partial charge in [-0.3, -0.25) is 9.59 Å². The molecule has 0 atom stereocenters. The molecule has 2 amide bonds. The van der Waals surface area contributed by atoms with E-state index in [0.717, 1.165) is 22.6 Å². The molecular formula is C23H23IN4O2. The first kappa shape index (κ1) is 21.8. The molecule has 0 aliphatic heterocycles. The Balaban J connectivity index is 1.73. The van der Waals surface area contributed by atoms with Gasteiger partial charge in [0.25, 0.3) is 5.91 Å². The molecule has 3 aromatic rings. The summed E-state index contributed by atoms with van der Waals surface area (Å²) in [7, 11) is 0. The highest BCUT2D eigenvalue weighted by Crippen LogP contribution is 2.23. The summed E-state index contributed by atoms with van der Waals surface area (Å²) in [6.07, 6.45) is 1.65. The van der Waals surface area contributed by atoms with Gasteiger partial charge in [0.05, 0.1) is 6.21 Å². The molecule has 0 fully saturated rings. The van der Waals surface area contributed by atoms with Crippen molar-refractivity contribution in [3.05, 3.63) is 80.2 Å². The standard InChI is InChI=1S/C23H23IN4O2/c1-14-5-10-21(12-22(14)24)28-15(2)11-19(16(28)3)13-25-27-23(30)18-6-8-20(9-7-18)26-17(4)29/h5-13H,1-4H3,(H,26,29)(H,27,30)/b25-13-. The number of benzene rings is 2. The van der Waals surface area contributed by atoms with E-state index in [9.17, 15) is 9.59 Å². The summed E-state index contributed by atoms with van der Waals surface area (Å²) >= 11 is 2.34. The number of carbonyl (C=O) groups is 2. The molecule has 0 saturated heterocycles. The lowest BCUT2D eigenvalue weighted by molar-refractivity contribution is -0.114. The Morgan fingerprint density at radius 2 is 1.73 bits per heavy atom. The number of anilines is 1. The molecule has 7 heteroatoms. The van der Waals surface area contributed by atoms with Crippen molar-refractivity contribution < 1.29 is 9.59 Å². The van der Waals surface area contributed by atoms with Gasteiger partial charge in [-0.2, -0.15) is 5.10 Å². The van der Waals surface area contributed by atoms with E-state index in [-0.39, 0.29) is 11.8 Å². The van der Waals surface area contributed by atoms with Crippen LogP contribution in [0.3, 0.4) is 0 Å². The number of hydrazone groups is 1. The van der Waals surface area contributed by atoms with E-state index < -0.39 is 0 Å². The van der Waals surface area contributed by atoms with Crippen molar-refractivity contribution in [2.45, 2.75) is 27.7 Å². The fraction of sp³-hybridized carbons (Fsp3) is 0.174. The van der Waals surface area contributed by atoms with Crippen molar-refractivity contribution in [2.75, 3.05) is 5.32 Å². The Kier molecular flexibility index (Phi) is 6.71. The van der Waals surface area contributed by atoms with Crippen LogP contribution in [0.4, 0.5) is 5.69 Å². The largest absolute Gasteiger partial charge is 0.326 e. The number of nitrogens with one attached hydrogen (secondary N) is 2. The third-order valence-electron chi connectivity index (χ3n) is 4.72. The number of halogens is 1. The topological polar surface area (TPSA) is 75.5 Å². The third kappa shape index (κ3) is 4.96. The van der Waals surface area contributed by atoms with Crippen LogP contribution >= 0.6 is 22.6 Å². The minimum absolute atomic E-state index is 0.158. The van der Waals surface area contributed by atoms with Crippen LogP contribution in [0.15, 0.2) is 53.6 Å². The van der Waals surface area contributed by atoms with Gasteiger partial charge in [-0.25, -0.2) is 5.43 Å². The van der Waals surface area contributed by atoms with Gasteiger partial charge in [0.1, 0.15) is 0 Å². The number of aromatic nitrogens is 1. The highest BCUT2D eigenvalue weighted by molar-refractivity contribution is 14.1. The average Bonchev–Trinajstić information content (AvgIpc) is 2.97. The Labute approximate surface area is 189 Å². The van der Waals surface area contributed by atoms with E-state index in [0.29, 0.717) is 11.3 Å². The van der Waals surface area contributed by atoms with Gasteiger partial charge in [0, 0.05) is 44.4 Å². The SMILES string of the molecule is CC(=O)Nc1ccc(C(=O)N/N=C\c2cc(C)n(-c3ccc(C)c(I)c3)c2C)cc1. The van der Waals surface area contributed by atoms with Gasteiger partial charge >= 0.3 is 0 Å². The molecule has 154 valence electrons. The molecule has 0 saturated carbocycles. The molecule has 0 aliphatic carbocycles. The molecule has 0 aliphatic rings. The predicted molar refractivity (Wildman–Crippen MR) is 129 cm³/mol. The lowest BCUT2D eigenvalue weighted by atomic mass is 10.2. The molecule has 0 radical (unpaired) electrons. The highest BCUT2D eigenvalue weighted by atomic mass is 127. The van der Waals surface area contributed by atoms with Crippen LogP contribution in [0, 0.1) is 24.3 Å². The van der Waals surface area contributed by atoms with Crippen molar-refractivity contribution in [2.24, 2.45) is 5.10 Å². The van der Waals surface area contributed by atoms with Crippen LogP contribution in [-0.4, -0.2) is 22.6 Å². The zero-order valence-corrected chi connectivity index (χ0v) is 19.4. The predicted octanol–water partition coefficient (Wildman–Crippen LogP) is 4.73. The zero-order chi connectivity index (χ0) is 21.8. The van der Waals surface area contributed by atoms with Crippen LogP contribution in [0.5, 0.6) is 0 Å². The second kappa shape index (κ2) is 9.25. The Morgan fingerprint density at radius 3 is 2.37 bits per heavy atom. The van der Waals surface area contributed by atoms with E-state index in [2.05, 4.69) is 68.1 Å². The summed E-state index contributed by atoms with van der Waals surface area (Å²) in [5.41, 5.74) is 9.07. The minimum Gasteiger partial charge on any atom is -0.326 e. The minimum atomic E-state index is -0.317. The van der Waals surface area contributed by atoms with Gasteiger partial charge in [-0.1, -0.05) is 6.07 Å². The molecule has 2 aromatic carbocycles. The fourth-order valence-corrected chi connectivity index (χ4v) is 3.67.